The number of aryl methyl sites for hydroxylation is 1. The number of hydrogen-bond donors (Lipinski definition) is 1. The van der Waals surface area contributed by atoms with Gasteiger partial charge in [0.1, 0.15) is 11.5 Å². The quantitative estimate of drug-likeness (QED) is 0.871. The Bertz CT molecular complexity index is 568. The largest absolute Gasteiger partial charge is 0.457 e. The van der Waals surface area contributed by atoms with Crippen LogP contribution in [-0.2, 0) is 0 Å². The van der Waals surface area contributed by atoms with Crippen LogP contribution in [0, 0.1) is 6.92 Å². The Labute approximate surface area is 122 Å². The second-order valence-corrected chi connectivity index (χ2v) is 5.53. The number of halogens is 1. The van der Waals surface area contributed by atoms with Crippen LogP contribution in [0.25, 0.3) is 0 Å². The van der Waals surface area contributed by atoms with E-state index in [1.165, 1.54) is 5.56 Å². The molecule has 0 bridgehead atoms. The van der Waals surface area contributed by atoms with Gasteiger partial charge in [0.15, 0.2) is 0 Å². The molecule has 0 saturated carbocycles. The lowest BCUT2D eigenvalue weighted by atomic mass is 10.1. The van der Waals surface area contributed by atoms with Gasteiger partial charge in [0.2, 0.25) is 0 Å². The van der Waals surface area contributed by atoms with Crippen molar-refractivity contribution in [3.63, 3.8) is 0 Å². The number of nitrogens with one attached hydrogen (secondary N) is 1. The Morgan fingerprint density at radius 2 is 1.95 bits per heavy atom. The molecule has 0 aliphatic heterocycles. The van der Waals surface area contributed by atoms with Crippen molar-refractivity contribution in [2.75, 3.05) is 7.05 Å². The average molecular weight is 320 g/mol. The maximum atomic E-state index is 6.01. The predicted molar refractivity (Wildman–Crippen MR) is 82.9 cm³/mol. The second kappa shape index (κ2) is 6.22. The molecule has 0 spiro atoms. The summed E-state index contributed by atoms with van der Waals surface area (Å²) in [6.45, 7) is 4.18. The van der Waals surface area contributed by atoms with E-state index >= 15 is 0 Å². The third-order valence-electron chi connectivity index (χ3n) is 3.09. The average Bonchev–Trinajstić information content (AvgIpc) is 2.40. The molecule has 2 rings (SSSR count). The fourth-order valence-corrected chi connectivity index (χ4v) is 2.29. The molecule has 19 heavy (non-hydrogen) atoms. The standard InChI is InChI=1S/C16H18BrNO/c1-11-5-4-6-14(9-11)19-16-8-7-13(17)10-15(16)12(2)18-3/h4-10,12,18H,1-3H3. The maximum absolute atomic E-state index is 6.01. The van der Waals surface area contributed by atoms with Crippen LogP contribution in [0.15, 0.2) is 46.9 Å². The molecule has 0 aliphatic rings. The molecule has 1 N–H and O–H groups in total. The van der Waals surface area contributed by atoms with E-state index in [2.05, 4.69) is 47.2 Å². The van der Waals surface area contributed by atoms with Gasteiger partial charge in [0, 0.05) is 16.1 Å². The van der Waals surface area contributed by atoms with E-state index in [4.69, 9.17) is 4.74 Å². The first-order valence-electron chi connectivity index (χ1n) is 6.31. The Hall–Kier alpha value is -1.32. The molecule has 0 amide bonds. The zero-order valence-electron chi connectivity index (χ0n) is 11.4. The topological polar surface area (TPSA) is 21.3 Å². The molecule has 0 aromatic heterocycles. The number of benzene rings is 2. The van der Waals surface area contributed by atoms with Crippen molar-refractivity contribution >= 4 is 15.9 Å². The van der Waals surface area contributed by atoms with Crippen LogP contribution in [0.2, 0.25) is 0 Å². The van der Waals surface area contributed by atoms with Crippen molar-refractivity contribution in [2.45, 2.75) is 19.9 Å². The van der Waals surface area contributed by atoms with E-state index in [0.717, 1.165) is 21.5 Å². The molecule has 1 atom stereocenters. The second-order valence-electron chi connectivity index (χ2n) is 4.61. The summed E-state index contributed by atoms with van der Waals surface area (Å²) in [5, 5.41) is 3.25. The van der Waals surface area contributed by atoms with Crippen molar-refractivity contribution in [3.05, 3.63) is 58.1 Å². The van der Waals surface area contributed by atoms with E-state index in [1.807, 2.05) is 37.4 Å². The first-order chi connectivity index (χ1) is 9.10. The summed E-state index contributed by atoms with van der Waals surface area (Å²) in [4.78, 5) is 0. The third kappa shape index (κ3) is 3.58. The molecule has 2 aromatic carbocycles. The molecule has 0 aliphatic carbocycles. The monoisotopic (exact) mass is 319 g/mol. The zero-order valence-corrected chi connectivity index (χ0v) is 13.0. The lowest BCUT2D eigenvalue weighted by Gasteiger charge is -2.17. The fourth-order valence-electron chi connectivity index (χ4n) is 1.91. The van der Waals surface area contributed by atoms with E-state index < -0.39 is 0 Å². The van der Waals surface area contributed by atoms with Gasteiger partial charge in [0.25, 0.3) is 0 Å². The fraction of sp³-hybridized carbons (Fsp3) is 0.250. The van der Waals surface area contributed by atoms with E-state index in [1.54, 1.807) is 0 Å². The SMILES string of the molecule is CNC(C)c1cc(Br)ccc1Oc1cccc(C)c1. The van der Waals surface area contributed by atoms with Gasteiger partial charge in [-0.15, -0.1) is 0 Å². The van der Waals surface area contributed by atoms with Crippen molar-refractivity contribution in [2.24, 2.45) is 0 Å². The molecule has 100 valence electrons. The Morgan fingerprint density at radius 1 is 1.16 bits per heavy atom. The van der Waals surface area contributed by atoms with Crippen molar-refractivity contribution in [1.29, 1.82) is 0 Å². The van der Waals surface area contributed by atoms with Gasteiger partial charge in [-0.2, -0.15) is 0 Å². The summed E-state index contributed by atoms with van der Waals surface area (Å²) in [6, 6.07) is 14.4. The Kier molecular flexibility index (Phi) is 4.61. The third-order valence-corrected chi connectivity index (χ3v) is 3.58. The van der Waals surface area contributed by atoms with Crippen molar-refractivity contribution in [3.8, 4) is 11.5 Å². The van der Waals surface area contributed by atoms with Crippen LogP contribution in [0.5, 0.6) is 11.5 Å². The molecule has 0 radical (unpaired) electrons. The summed E-state index contributed by atoms with van der Waals surface area (Å²) in [5.74, 6) is 1.75. The van der Waals surface area contributed by atoms with Gasteiger partial charge in [-0.25, -0.2) is 0 Å². The minimum absolute atomic E-state index is 0.234. The summed E-state index contributed by atoms with van der Waals surface area (Å²) < 4.78 is 7.06. The molecule has 3 heteroatoms. The van der Waals surface area contributed by atoms with Crippen molar-refractivity contribution in [1.82, 2.24) is 5.32 Å². The van der Waals surface area contributed by atoms with Gasteiger partial charge in [-0.3, -0.25) is 0 Å². The van der Waals surface area contributed by atoms with E-state index in [9.17, 15) is 0 Å². The van der Waals surface area contributed by atoms with Gasteiger partial charge >= 0.3 is 0 Å². The van der Waals surface area contributed by atoms with Crippen LogP contribution < -0.4 is 10.1 Å². The Morgan fingerprint density at radius 3 is 2.63 bits per heavy atom. The molecular formula is C16H18BrNO. The maximum Gasteiger partial charge on any atom is 0.132 e. The smallest absolute Gasteiger partial charge is 0.132 e. The van der Waals surface area contributed by atoms with Crippen LogP contribution in [0.1, 0.15) is 24.1 Å². The molecule has 0 heterocycles. The van der Waals surface area contributed by atoms with E-state index in [-0.39, 0.29) is 6.04 Å². The number of hydrogen-bond acceptors (Lipinski definition) is 2. The highest BCUT2D eigenvalue weighted by Gasteiger charge is 2.11. The first kappa shape index (κ1) is 14.1. The van der Waals surface area contributed by atoms with Crippen LogP contribution in [0.4, 0.5) is 0 Å². The lowest BCUT2D eigenvalue weighted by Crippen LogP contribution is -2.13. The minimum atomic E-state index is 0.234. The van der Waals surface area contributed by atoms with Gasteiger partial charge < -0.3 is 10.1 Å². The summed E-state index contributed by atoms with van der Waals surface area (Å²) >= 11 is 3.51. The molecule has 2 aromatic rings. The van der Waals surface area contributed by atoms with Crippen LogP contribution in [0.3, 0.4) is 0 Å². The minimum Gasteiger partial charge on any atom is -0.457 e. The highest BCUT2D eigenvalue weighted by molar-refractivity contribution is 9.10. The first-order valence-corrected chi connectivity index (χ1v) is 7.10. The lowest BCUT2D eigenvalue weighted by molar-refractivity contribution is 0.466. The van der Waals surface area contributed by atoms with Gasteiger partial charge in [0.05, 0.1) is 0 Å². The predicted octanol–water partition coefficient (Wildman–Crippen LogP) is 4.83. The number of ether oxygens (including phenoxy) is 1. The number of rotatable bonds is 4. The molecule has 0 fully saturated rings. The summed E-state index contributed by atoms with van der Waals surface area (Å²) in [7, 11) is 1.95. The van der Waals surface area contributed by atoms with Gasteiger partial charge in [-0.1, -0.05) is 28.1 Å². The normalized spacial score (nSPS) is 12.2. The van der Waals surface area contributed by atoms with Gasteiger partial charge in [-0.05, 0) is 56.8 Å². The van der Waals surface area contributed by atoms with Crippen LogP contribution in [-0.4, -0.2) is 7.05 Å². The summed E-state index contributed by atoms with van der Waals surface area (Å²) in [6.07, 6.45) is 0. The molecular weight excluding hydrogens is 302 g/mol. The van der Waals surface area contributed by atoms with Crippen molar-refractivity contribution < 1.29 is 4.74 Å². The molecule has 0 saturated heterocycles. The van der Waals surface area contributed by atoms with Crippen LogP contribution >= 0.6 is 15.9 Å². The van der Waals surface area contributed by atoms with E-state index in [0.29, 0.717) is 0 Å². The molecule has 2 nitrogen and oxygen atoms in total. The molecule has 1 unspecified atom stereocenters. The highest BCUT2D eigenvalue weighted by atomic mass is 79.9. The summed E-state index contributed by atoms with van der Waals surface area (Å²) in [5.41, 5.74) is 2.33. The zero-order chi connectivity index (χ0) is 13.8. The highest BCUT2D eigenvalue weighted by Crippen LogP contribution is 2.32. The Balaban J connectivity index is 2.34.